The van der Waals surface area contributed by atoms with Gasteiger partial charge in [0.25, 0.3) is 0 Å². The van der Waals surface area contributed by atoms with E-state index in [1.807, 2.05) is 16.9 Å². The molecule has 0 spiro atoms. The molecule has 3 heteroatoms. The van der Waals surface area contributed by atoms with E-state index in [0.717, 1.165) is 11.6 Å². The van der Waals surface area contributed by atoms with E-state index in [1.54, 1.807) is 11.3 Å². The minimum Gasteiger partial charge on any atom is -0.473 e. The van der Waals surface area contributed by atoms with Gasteiger partial charge < -0.3 is 5.32 Å². The molecule has 1 heterocycles. The second kappa shape index (κ2) is 2.79. The summed E-state index contributed by atoms with van der Waals surface area (Å²) in [5, 5.41) is 4.97. The van der Waals surface area contributed by atoms with Crippen molar-refractivity contribution in [2.45, 2.75) is 6.54 Å². The maximum Gasteiger partial charge on any atom is 0.145 e. The lowest BCUT2D eigenvalue weighted by molar-refractivity contribution is -0.612. The monoisotopic (exact) mass is 128 g/mol. The molecule has 0 unspecified atom stereocenters. The lowest BCUT2D eigenvalue weighted by Gasteiger charge is -1.91. The van der Waals surface area contributed by atoms with E-state index >= 15 is 0 Å². The van der Waals surface area contributed by atoms with Crippen LogP contribution in [0.2, 0.25) is 0 Å². The van der Waals surface area contributed by atoms with Crippen molar-refractivity contribution in [3.63, 3.8) is 0 Å². The number of hydrogen-bond acceptors (Lipinski definition) is 2. The fraction of sp³-hybridized carbons (Fsp3) is 0.200. The Labute approximate surface area is 52.6 Å². The third-order valence-electron chi connectivity index (χ3n) is 0.802. The molecule has 44 valence electrons. The Morgan fingerprint density at radius 1 is 1.88 bits per heavy atom. The van der Waals surface area contributed by atoms with Crippen molar-refractivity contribution < 1.29 is 5.32 Å². The maximum absolute atomic E-state index is 4.05. The Kier molecular flexibility index (Phi) is 2.00. The fourth-order valence-electron chi connectivity index (χ4n) is 0.477. The van der Waals surface area contributed by atoms with Gasteiger partial charge in [0, 0.05) is 11.6 Å². The SMILES string of the molecule is [CH2-][NH2+]Cc1nccs1. The Bertz CT molecular complexity index is 136. The average Bonchev–Trinajstić information content (AvgIpc) is 2.19. The number of aromatic nitrogens is 1. The maximum atomic E-state index is 4.05. The van der Waals surface area contributed by atoms with Crippen molar-refractivity contribution in [1.29, 1.82) is 0 Å². The lowest BCUT2D eigenvalue weighted by Crippen LogP contribution is -2.74. The van der Waals surface area contributed by atoms with Gasteiger partial charge >= 0.3 is 0 Å². The molecule has 0 amide bonds. The fourth-order valence-corrected chi connectivity index (χ4v) is 1.09. The minimum absolute atomic E-state index is 0.900. The summed E-state index contributed by atoms with van der Waals surface area (Å²) in [5.41, 5.74) is 0. The Hall–Kier alpha value is -0.410. The first-order valence-corrected chi connectivity index (χ1v) is 3.30. The van der Waals surface area contributed by atoms with Gasteiger partial charge in [-0.25, -0.2) is 4.98 Å². The largest absolute Gasteiger partial charge is 0.473 e. The van der Waals surface area contributed by atoms with Crippen molar-refractivity contribution in [3.8, 4) is 0 Å². The van der Waals surface area contributed by atoms with Gasteiger partial charge in [-0.15, -0.1) is 11.3 Å². The van der Waals surface area contributed by atoms with Gasteiger partial charge in [0.1, 0.15) is 11.6 Å². The highest BCUT2D eigenvalue weighted by atomic mass is 32.1. The first-order chi connectivity index (χ1) is 3.93. The van der Waals surface area contributed by atoms with E-state index in [4.69, 9.17) is 0 Å². The molecule has 2 nitrogen and oxygen atoms in total. The van der Waals surface area contributed by atoms with Gasteiger partial charge in [-0.2, -0.15) is 7.05 Å². The first-order valence-electron chi connectivity index (χ1n) is 2.43. The zero-order valence-corrected chi connectivity index (χ0v) is 5.32. The molecule has 0 aliphatic rings. The molecule has 0 bridgehead atoms. The summed E-state index contributed by atoms with van der Waals surface area (Å²) >= 11 is 1.67. The molecule has 0 radical (unpaired) electrons. The standard InChI is InChI=1S/C5H8N2S/c1-6-4-5-7-2-3-8-5/h2-3H,1,4,6H2. The van der Waals surface area contributed by atoms with Gasteiger partial charge in [-0.1, -0.05) is 0 Å². The summed E-state index contributed by atoms with van der Waals surface area (Å²) in [5.74, 6) is 0. The van der Waals surface area contributed by atoms with Crippen LogP contribution < -0.4 is 5.32 Å². The average molecular weight is 128 g/mol. The molecule has 2 N–H and O–H groups in total. The molecule has 1 aromatic rings. The number of thiazole rings is 1. The predicted octanol–water partition coefficient (Wildman–Crippen LogP) is -0.00191. The van der Waals surface area contributed by atoms with Crippen LogP contribution >= 0.6 is 11.3 Å². The van der Waals surface area contributed by atoms with Crippen LogP contribution in [0.5, 0.6) is 0 Å². The van der Waals surface area contributed by atoms with Crippen molar-refractivity contribution >= 4 is 11.3 Å². The number of quaternary nitrogens is 1. The number of nitrogens with zero attached hydrogens (tertiary/aromatic N) is 1. The van der Waals surface area contributed by atoms with Gasteiger partial charge in [0.2, 0.25) is 0 Å². The van der Waals surface area contributed by atoms with Crippen LogP contribution in [0.3, 0.4) is 0 Å². The molecule has 1 aromatic heterocycles. The van der Waals surface area contributed by atoms with Crippen LogP contribution in [-0.4, -0.2) is 4.98 Å². The topological polar surface area (TPSA) is 29.5 Å². The van der Waals surface area contributed by atoms with Gasteiger partial charge in [-0.05, 0) is 0 Å². The number of rotatable bonds is 2. The van der Waals surface area contributed by atoms with Crippen LogP contribution in [-0.2, 0) is 6.54 Å². The molecular weight excluding hydrogens is 120 g/mol. The molecular formula is C5H8N2S. The molecule has 1 rings (SSSR count). The third kappa shape index (κ3) is 1.28. The smallest absolute Gasteiger partial charge is 0.145 e. The third-order valence-corrected chi connectivity index (χ3v) is 1.60. The van der Waals surface area contributed by atoms with E-state index < -0.39 is 0 Å². The van der Waals surface area contributed by atoms with Crippen LogP contribution in [0.4, 0.5) is 0 Å². The summed E-state index contributed by atoms with van der Waals surface area (Å²) < 4.78 is 0. The molecule has 0 aromatic carbocycles. The molecule has 0 saturated heterocycles. The molecule has 0 aliphatic heterocycles. The predicted molar refractivity (Wildman–Crippen MR) is 33.1 cm³/mol. The van der Waals surface area contributed by atoms with Gasteiger partial charge in [-0.3, -0.25) is 0 Å². The summed E-state index contributed by atoms with van der Waals surface area (Å²) in [6.07, 6.45) is 1.81. The minimum atomic E-state index is 0.900. The number of hydrogen-bond donors (Lipinski definition) is 1. The molecule has 0 aliphatic carbocycles. The van der Waals surface area contributed by atoms with Crippen molar-refractivity contribution in [2.75, 3.05) is 0 Å². The molecule has 0 atom stereocenters. The van der Waals surface area contributed by atoms with Crippen molar-refractivity contribution in [1.82, 2.24) is 4.98 Å². The van der Waals surface area contributed by atoms with E-state index in [2.05, 4.69) is 12.0 Å². The summed E-state index contributed by atoms with van der Waals surface area (Å²) in [6.45, 7) is 0.900. The van der Waals surface area contributed by atoms with Crippen LogP contribution in [0, 0.1) is 7.05 Å². The van der Waals surface area contributed by atoms with Crippen LogP contribution in [0.15, 0.2) is 11.6 Å². The highest BCUT2D eigenvalue weighted by molar-refractivity contribution is 7.09. The second-order valence-electron chi connectivity index (χ2n) is 1.42. The van der Waals surface area contributed by atoms with Crippen LogP contribution in [0.25, 0.3) is 0 Å². The number of nitrogens with two attached hydrogens (primary N) is 1. The van der Waals surface area contributed by atoms with Crippen LogP contribution in [0.1, 0.15) is 5.01 Å². The zero-order chi connectivity index (χ0) is 5.82. The van der Waals surface area contributed by atoms with Gasteiger partial charge in [0.05, 0.1) is 0 Å². The molecule has 0 saturated carbocycles. The zero-order valence-electron chi connectivity index (χ0n) is 4.50. The van der Waals surface area contributed by atoms with E-state index in [-0.39, 0.29) is 0 Å². The van der Waals surface area contributed by atoms with E-state index in [0.29, 0.717) is 0 Å². The Balaban J connectivity index is 2.50. The van der Waals surface area contributed by atoms with Crippen molar-refractivity contribution in [2.24, 2.45) is 0 Å². The Morgan fingerprint density at radius 3 is 3.25 bits per heavy atom. The van der Waals surface area contributed by atoms with E-state index in [1.165, 1.54) is 0 Å². The summed E-state index contributed by atoms with van der Waals surface area (Å²) in [7, 11) is 3.60. The highest BCUT2D eigenvalue weighted by Crippen LogP contribution is 1.99. The first kappa shape index (κ1) is 5.72. The van der Waals surface area contributed by atoms with E-state index in [9.17, 15) is 0 Å². The quantitative estimate of drug-likeness (QED) is 0.558. The molecule has 0 fully saturated rings. The Morgan fingerprint density at radius 2 is 2.75 bits per heavy atom. The highest BCUT2D eigenvalue weighted by Gasteiger charge is 1.89. The lowest BCUT2D eigenvalue weighted by atomic mass is 10.7. The molecule has 8 heavy (non-hydrogen) atoms. The van der Waals surface area contributed by atoms with Crippen molar-refractivity contribution in [3.05, 3.63) is 23.6 Å². The normalized spacial score (nSPS) is 9.62. The summed E-state index contributed by atoms with van der Waals surface area (Å²) in [4.78, 5) is 4.05. The second-order valence-corrected chi connectivity index (χ2v) is 2.40. The summed E-state index contributed by atoms with van der Waals surface area (Å²) in [6, 6.07) is 0. The van der Waals surface area contributed by atoms with Gasteiger partial charge in [0.15, 0.2) is 0 Å².